The molecular formula is C6H7NO4. The summed E-state index contributed by atoms with van der Waals surface area (Å²) in [6, 6.07) is -0.715. The van der Waals surface area contributed by atoms with Crippen LogP contribution in [0.25, 0.3) is 0 Å². The number of carbonyl (C=O) groups is 2. The molecule has 0 spiro atoms. The molecule has 1 atom stereocenters. The fraction of sp³-hybridized carbons (Fsp3) is 0.500. The summed E-state index contributed by atoms with van der Waals surface area (Å²) in [5.41, 5.74) is 0.138. The van der Waals surface area contributed by atoms with Gasteiger partial charge in [-0.3, -0.25) is 4.99 Å². The Morgan fingerprint density at radius 3 is 2.45 bits per heavy atom. The van der Waals surface area contributed by atoms with Gasteiger partial charge >= 0.3 is 11.9 Å². The van der Waals surface area contributed by atoms with Crippen LogP contribution in [0, 0.1) is 0 Å². The van der Waals surface area contributed by atoms with E-state index in [-0.39, 0.29) is 5.71 Å². The molecule has 0 aromatic carbocycles. The van der Waals surface area contributed by atoms with Crippen LogP contribution in [-0.4, -0.2) is 37.9 Å². The Balaban J connectivity index is 2.42. The average molecular weight is 157 g/mol. The molecule has 1 aliphatic heterocycles. The van der Waals surface area contributed by atoms with Gasteiger partial charge in [-0.2, -0.15) is 0 Å². The first kappa shape index (κ1) is 7.71. The number of esters is 2. The Morgan fingerprint density at radius 2 is 2.00 bits per heavy atom. The highest BCUT2D eigenvalue weighted by Crippen LogP contribution is 2.14. The third-order valence-corrected chi connectivity index (χ3v) is 1.28. The van der Waals surface area contributed by atoms with Gasteiger partial charge in [-0.05, 0) is 0 Å². The van der Waals surface area contributed by atoms with Crippen molar-refractivity contribution in [2.24, 2.45) is 4.99 Å². The van der Waals surface area contributed by atoms with Gasteiger partial charge in [0, 0.05) is 0 Å². The highest BCUT2D eigenvalue weighted by Gasteiger charge is 2.41. The van der Waals surface area contributed by atoms with Crippen molar-refractivity contribution in [1.82, 2.24) is 0 Å². The van der Waals surface area contributed by atoms with Crippen LogP contribution >= 0.6 is 0 Å². The first-order valence-corrected chi connectivity index (χ1v) is 2.94. The summed E-state index contributed by atoms with van der Waals surface area (Å²) in [7, 11) is 2.47. The highest BCUT2D eigenvalue weighted by molar-refractivity contribution is 6.48. The second-order valence-corrected chi connectivity index (χ2v) is 1.93. The summed E-state index contributed by atoms with van der Waals surface area (Å²) in [4.78, 5) is 24.9. The molecule has 1 aliphatic rings. The van der Waals surface area contributed by atoms with Crippen molar-refractivity contribution in [3.8, 4) is 0 Å². The number of hydrogen-bond acceptors (Lipinski definition) is 5. The summed E-state index contributed by atoms with van der Waals surface area (Å²) < 4.78 is 8.66. The topological polar surface area (TPSA) is 65.0 Å². The predicted octanol–water partition coefficient (Wildman–Crippen LogP) is -0.844. The van der Waals surface area contributed by atoms with Crippen LogP contribution in [0.5, 0.6) is 0 Å². The van der Waals surface area contributed by atoms with Gasteiger partial charge in [-0.1, -0.05) is 0 Å². The highest BCUT2D eigenvalue weighted by atomic mass is 16.5. The second kappa shape index (κ2) is 2.69. The van der Waals surface area contributed by atoms with Gasteiger partial charge < -0.3 is 9.47 Å². The Labute approximate surface area is 63.0 Å². The Hall–Kier alpha value is -1.39. The molecule has 0 aromatic heterocycles. The van der Waals surface area contributed by atoms with E-state index in [0.29, 0.717) is 0 Å². The Kier molecular flexibility index (Phi) is 1.89. The number of nitrogens with zero attached hydrogens (tertiary/aromatic N) is 1. The molecule has 0 aromatic rings. The summed E-state index contributed by atoms with van der Waals surface area (Å²) in [6.45, 7) is 0. The number of methoxy groups -OCH3 is 2. The van der Waals surface area contributed by atoms with Crippen LogP contribution in [0.15, 0.2) is 4.99 Å². The summed E-state index contributed by atoms with van der Waals surface area (Å²) in [6.07, 6.45) is 0. The van der Waals surface area contributed by atoms with Crippen LogP contribution in [0.3, 0.4) is 0 Å². The lowest BCUT2D eigenvalue weighted by Crippen LogP contribution is -2.20. The van der Waals surface area contributed by atoms with Crippen molar-refractivity contribution >= 4 is 17.7 Å². The maximum Gasteiger partial charge on any atom is 0.354 e. The lowest BCUT2D eigenvalue weighted by molar-refractivity contribution is -0.140. The van der Waals surface area contributed by atoms with E-state index >= 15 is 0 Å². The maximum absolute atomic E-state index is 10.7. The standard InChI is InChI=1S/C6H7NO4/c1-10-5(8)3-4(7-3)6(9)11-2/h3H,1-2H3. The zero-order chi connectivity index (χ0) is 8.43. The van der Waals surface area contributed by atoms with E-state index in [4.69, 9.17) is 0 Å². The van der Waals surface area contributed by atoms with Crippen molar-refractivity contribution in [1.29, 1.82) is 0 Å². The van der Waals surface area contributed by atoms with E-state index in [9.17, 15) is 9.59 Å². The first-order chi connectivity index (χ1) is 5.20. The van der Waals surface area contributed by atoms with Gasteiger partial charge in [0.2, 0.25) is 0 Å². The molecule has 11 heavy (non-hydrogen) atoms. The van der Waals surface area contributed by atoms with Crippen LogP contribution < -0.4 is 0 Å². The summed E-state index contributed by atoms with van der Waals surface area (Å²) >= 11 is 0. The number of rotatable bonds is 2. The number of aliphatic imine (C=N–C) groups is 1. The molecule has 1 unspecified atom stereocenters. The van der Waals surface area contributed by atoms with Gasteiger partial charge in [-0.15, -0.1) is 0 Å². The Morgan fingerprint density at radius 1 is 1.36 bits per heavy atom. The third-order valence-electron chi connectivity index (χ3n) is 1.28. The minimum Gasteiger partial charge on any atom is -0.467 e. The molecule has 0 N–H and O–H groups in total. The molecule has 0 fully saturated rings. The normalized spacial score (nSPS) is 20.2. The third kappa shape index (κ3) is 1.36. The molecule has 0 saturated carbocycles. The summed E-state index contributed by atoms with van der Waals surface area (Å²) in [5, 5.41) is 0. The lowest BCUT2D eigenvalue weighted by atomic mass is 10.3. The van der Waals surface area contributed by atoms with E-state index in [1.54, 1.807) is 0 Å². The Bertz CT molecular complexity index is 233. The van der Waals surface area contributed by atoms with Gasteiger partial charge in [0.05, 0.1) is 14.2 Å². The molecule has 5 nitrogen and oxygen atoms in total. The molecule has 0 amide bonds. The smallest absolute Gasteiger partial charge is 0.354 e. The predicted molar refractivity (Wildman–Crippen MR) is 35.3 cm³/mol. The largest absolute Gasteiger partial charge is 0.467 e. The average Bonchev–Trinajstić information content (AvgIpc) is 2.80. The van der Waals surface area contributed by atoms with Gasteiger partial charge in [-0.25, -0.2) is 9.59 Å². The maximum atomic E-state index is 10.7. The molecule has 60 valence electrons. The van der Waals surface area contributed by atoms with Crippen LogP contribution in [0.2, 0.25) is 0 Å². The van der Waals surface area contributed by atoms with E-state index in [0.717, 1.165) is 0 Å². The molecule has 1 heterocycles. The van der Waals surface area contributed by atoms with E-state index < -0.39 is 18.0 Å². The SMILES string of the molecule is COC(=O)C1=NC1C(=O)OC. The van der Waals surface area contributed by atoms with Crippen molar-refractivity contribution in [3.63, 3.8) is 0 Å². The van der Waals surface area contributed by atoms with Gasteiger partial charge in [0.1, 0.15) is 0 Å². The van der Waals surface area contributed by atoms with E-state index in [1.165, 1.54) is 14.2 Å². The molecule has 0 saturated heterocycles. The molecule has 0 radical (unpaired) electrons. The zero-order valence-corrected chi connectivity index (χ0v) is 6.16. The van der Waals surface area contributed by atoms with Crippen molar-refractivity contribution < 1.29 is 19.1 Å². The van der Waals surface area contributed by atoms with E-state index in [1.807, 2.05) is 0 Å². The molecule has 1 rings (SSSR count). The van der Waals surface area contributed by atoms with Gasteiger partial charge in [0.15, 0.2) is 11.8 Å². The number of hydrogen-bond donors (Lipinski definition) is 0. The molecular weight excluding hydrogens is 150 g/mol. The monoisotopic (exact) mass is 157 g/mol. The van der Waals surface area contributed by atoms with Crippen LogP contribution in [0.1, 0.15) is 0 Å². The van der Waals surface area contributed by atoms with Crippen LogP contribution in [0.4, 0.5) is 0 Å². The minimum atomic E-state index is -0.715. The van der Waals surface area contributed by atoms with Crippen LogP contribution in [-0.2, 0) is 19.1 Å². The minimum absolute atomic E-state index is 0.138. The quantitative estimate of drug-likeness (QED) is 0.490. The van der Waals surface area contributed by atoms with Crippen molar-refractivity contribution in [3.05, 3.63) is 0 Å². The molecule has 0 bridgehead atoms. The first-order valence-electron chi connectivity index (χ1n) is 2.94. The van der Waals surface area contributed by atoms with Crippen molar-refractivity contribution in [2.45, 2.75) is 6.04 Å². The zero-order valence-electron chi connectivity index (χ0n) is 6.16. The number of carbonyl (C=O) groups excluding carboxylic acids is 2. The second-order valence-electron chi connectivity index (χ2n) is 1.93. The lowest BCUT2D eigenvalue weighted by Gasteiger charge is -1.93. The summed E-state index contributed by atoms with van der Waals surface area (Å²) in [5.74, 6) is -1.09. The fourth-order valence-electron chi connectivity index (χ4n) is 0.647. The fourth-order valence-corrected chi connectivity index (χ4v) is 0.647. The van der Waals surface area contributed by atoms with Gasteiger partial charge in [0.25, 0.3) is 0 Å². The van der Waals surface area contributed by atoms with Crippen molar-refractivity contribution in [2.75, 3.05) is 14.2 Å². The molecule has 5 heteroatoms. The molecule has 0 aliphatic carbocycles. The van der Waals surface area contributed by atoms with E-state index in [2.05, 4.69) is 14.5 Å². The number of ether oxygens (including phenoxy) is 2.